The van der Waals surface area contributed by atoms with Gasteiger partial charge in [-0.3, -0.25) is 4.79 Å². The maximum Gasteiger partial charge on any atom is 0.490 e. The van der Waals surface area contributed by atoms with Gasteiger partial charge in [-0.15, -0.1) is 0 Å². The molecule has 0 aliphatic carbocycles. The van der Waals surface area contributed by atoms with Crippen LogP contribution in [0.15, 0.2) is 54.6 Å². The van der Waals surface area contributed by atoms with Crippen LogP contribution in [0.5, 0.6) is 0 Å². The van der Waals surface area contributed by atoms with Gasteiger partial charge in [0.2, 0.25) is 15.9 Å². The number of hydrogen-bond acceptors (Lipinski definition) is 5. The van der Waals surface area contributed by atoms with E-state index in [4.69, 9.17) is 9.90 Å². The molecule has 1 amide bonds. The van der Waals surface area contributed by atoms with Crippen molar-refractivity contribution in [1.82, 2.24) is 14.5 Å². The number of aryl methyl sites for hydroxylation is 1. The van der Waals surface area contributed by atoms with Gasteiger partial charge < -0.3 is 15.3 Å². The monoisotopic (exact) mass is 543 g/mol. The molecule has 2 aromatic rings. The number of carbonyl (C=O) groups excluding carboxylic acids is 1. The Morgan fingerprint density at radius 3 is 2.08 bits per heavy atom. The Balaban J connectivity index is 0.000000604. The molecule has 12 heteroatoms. The van der Waals surface area contributed by atoms with Crippen molar-refractivity contribution >= 4 is 21.9 Å². The molecule has 1 saturated heterocycles. The highest BCUT2D eigenvalue weighted by Crippen LogP contribution is 2.13. The third-order valence-corrected chi connectivity index (χ3v) is 7.52. The van der Waals surface area contributed by atoms with Crippen LogP contribution in [0.3, 0.4) is 0 Å². The minimum atomic E-state index is -5.08. The van der Waals surface area contributed by atoms with E-state index in [1.807, 2.05) is 61.5 Å². The Hall–Kier alpha value is -2.96. The third-order valence-electron chi connectivity index (χ3n) is 5.67. The zero-order valence-corrected chi connectivity index (χ0v) is 21.4. The maximum absolute atomic E-state index is 13.0. The number of piperazine rings is 1. The van der Waals surface area contributed by atoms with Crippen LogP contribution in [0.4, 0.5) is 13.2 Å². The average molecular weight is 544 g/mol. The van der Waals surface area contributed by atoms with E-state index in [1.54, 1.807) is 4.90 Å². The minimum Gasteiger partial charge on any atom is -0.475 e. The molecule has 0 radical (unpaired) electrons. The van der Waals surface area contributed by atoms with E-state index in [9.17, 15) is 26.4 Å². The molecule has 0 atom stereocenters. The summed E-state index contributed by atoms with van der Waals surface area (Å²) in [6, 6.07) is 17.9. The van der Waals surface area contributed by atoms with Crippen molar-refractivity contribution in [3.05, 3.63) is 71.3 Å². The standard InChI is InChI=1S/C23H31N3O3S.C2HF3O2/c1-20-7-9-22(10-8-20)19-23(27)25(14-11-21-5-3-2-4-6-21)17-18-30(28,29)26-15-12-24-13-16-26;3-2(4,5)1(6)7/h2-10,24H,11-19H2,1H3;(H,6,7). The molecule has 2 N–H and O–H groups in total. The number of nitrogens with zero attached hydrogens (tertiary/aromatic N) is 2. The van der Waals surface area contributed by atoms with Crippen LogP contribution in [0.2, 0.25) is 0 Å². The lowest BCUT2D eigenvalue weighted by atomic mass is 10.1. The van der Waals surface area contributed by atoms with Gasteiger partial charge >= 0.3 is 12.1 Å². The number of aliphatic carboxylic acids is 1. The number of rotatable bonds is 9. The molecular weight excluding hydrogens is 511 g/mol. The van der Waals surface area contributed by atoms with Crippen molar-refractivity contribution in [2.75, 3.05) is 45.0 Å². The molecule has 0 unspecified atom stereocenters. The van der Waals surface area contributed by atoms with Crippen LogP contribution in [0.25, 0.3) is 0 Å². The third kappa shape index (κ3) is 10.9. The zero-order valence-electron chi connectivity index (χ0n) is 20.6. The van der Waals surface area contributed by atoms with E-state index in [1.165, 1.54) is 4.31 Å². The quantitative estimate of drug-likeness (QED) is 0.504. The fourth-order valence-corrected chi connectivity index (χ4v) is 4.99. The highest BCUT2D eigenvalue weighted by Gasteiger charge is 2.38. The summed E-state index contributed by atoms with van der Waals surface area (Å²) in [6.45, 7) is 5.05. The van der Waals surface area contributed by atoms with Crippen molar-refractivity contribution < 1.29 is 36.3 Å². The fourth-order valence-electron chi connectivity index (χ4n) is 3.54. The zero-order chi connectivity index (χ0) is 27.5. The molecule has 1 aliphatic heterocycles. The topological polar surface area (TPSA) is 107 Å². The van der Waals surface area contributed by atoms with Gasteiger partial charge in [-0.2, -0.15) is 17.5 Å². The summed E-state index contributed by atoms with van der Waals surface area (Å²) >= 11 is 0. The Morgan fingerprint density at radius 2 is 1.54 bits per heavy atom. The SMILES string of the molecule is Cc1ccc(CC(=O)N(CCc2ccccc2)CCS(=O)(=O)N2CCNCC2)cc1.O=C(O)C(F)(F)F. The second-order valence-corrected chi connectivity index (χ2v) is 10.6. The number of hydrogen-bond donors (Lipinski definition) is 2. The number of amides is 1. The highest BCUT2D eigenvalue weighted by molar-refractivity contribution is 7.89. The molecule has 204 valence electrons. The predicted octanol–water partition coefficient (Wildman–Crippen LogP) is 2.48. The van der Waals surface area contributed by atoms with Gasteiger partial charge in [-0.25, -0.2) is 13.2 Å². The number of nitrogens with one attached hydrogen (secondary N) is 1. The second kappa shape index (κ2) is 14.1. The number of carbonyl (C=O) groups is 2. The number of carboxylic acids is 1. The van der Waals surface area contributed by atoms with Crippen molar-refractivity contribution in [3.63, 3.8) is 0 Å². The second-order valence-electron chi connectivity index (χ2n) is 8.55. The Labute approximate surface area is 215 Å². The van der Waals surface area contributed by atoms with Crippen molar-refractivity contribution in [1.29, 1.82) is 0 Å². The van der Waals surface area contributed by atoms with Crippen LogP contribution in [-0.2, 0) is 32.5 Å². The number of carboxylic acid groups (broad SMARTS) is 1. The van der Waals surface area contributed by atoms with Gasteiger partial charge in [0, 0.05) is 39.3 Å². The molecule has 0 saturated carbocycles. The predicted molar refractivity (Wildman–Crippen MR) is 134 cm³/mol. The lowest BCUT2D eigenvalue weighted by Crippen LogP contribution is -2.48. The summed E-state index contributed by atoms with van der Waals surface area (Å²) in [6.07, 6.45) is -4.10. The van der Waals surface area contributed by atoms with Gasteiger partial charge in [-0.1, -0.05) is 60.2 Å². The fraction of sp³-hybridized carbons (Fsp3) is 0.440. The van der Waals surface area contributed by atoms with E-state index in [0.717, 1.165) is 16.7 Å². The largest absolute Gasteiger partial charge is 0.490 e. The van der Waals surface area contributed by atoms with Gasteiger partial charge in [0.1, 0.15) is 0 Å². The van der Waals surface area contributed by atoms with E-state index in [2.05, 4.69) is 5.32 Å². The summed E-state index contributed by atoms with van der Waals surface area (Å²) in [5.41, 5.74) is 3.23. The molecule has 1 aliphatic rings. The van der Waals surface area contributed by atoms with Gasteiger partial charge in [0.15, 0.2) is 0 Å². The van der Waals surface area contributed by atoms with E-state index >= 15 is 0 Å². The summed E-state index contributed by atoms with van der Waals surface area (Å²) in [7, 11) is -3.37. The molecule has 1 heterocycles. The van der Waals surface area contributed by atoms with E-state index in [0.29, 0.717) is 39.1 Å². The summed E-state index contributed by atoms with van der Waals surface area (Å²) in [5, 5.41) is 10.3. The van der Waals surface area contributed by atoms with Crippen molar-refractivity contribution in [2.45, 2.75) is 25.9 Å². The Bertz CT molecular complexity index is 1100. The number of alkyl halides is 3. The van der Waals surface area contributed by atoms with Gasteiger partial charge in [0.25, 0.3) is 0 Å². The lowest BCUT2D eigenvalue weighted by molar-refractivity contribution is -0.192. The smallest absolute Gasteiger partial charge is 0.475 e. The normalized spacial score (nSPS) is 14.4. The van der Waals surface area contributed by atoms with Crippen LogP contribution in [0, 0.1) is 6.92 Å². The molecule has 3 rings (SSSR count). The first-order chi connectivity index (χ1) is 17.4. The van der Waals surface area contributed by atoms with Gasteiger partial charge in [-0.05, 0) is 24.5 Å². The Morgan fingerprint density at radius 1 is 0.973 bits per heavy atom. The molecule has 0 bridgehead atoms. The van der Waals surface area contributed by atoms with Crippen molar-refractivity contribution in [3.8, 4) is 0 Å². The highest BCUT2D eigenvalue weighted by atomic mass is 32.2. The molecule has 8 nitrogen and oxygen atoms in total. The van der Waals surface area contributed by atoms with Crippen LogP contribution in [-0.4, -0.2) is 85.8 Å². The first-order valence-corrected chi connectivity index (χ1v) is 13.4. The number of benzene rings is 2. The Kier molecular flexibility index (Phi) is 11.5. The summed E-state index contributed by atoms with van der Waals surface area (Å²) in [5.74, 6) is -2.83. The van der Waals surface area contributed by atoms with Crippen LogP contribution < -0.4 is 5.32 Å². The van der Waals surface area contributed by atoms with Gasteiger partial charge in [0.05, 0.1) is 12.2 Å². The molecule has 0 aromatic heterocycles. The molecule has 2 aromatic carbocycles. The molecule has 1 fully saturated rings. The number of sulfonamides is 1. The first kappa shape index (κ1) is 30.3. The molecule has 37 heavy (non-hydrogen) atoms. The van der Waals surface area contributed by atoms with Crippen LogP contribution in [0.1, 0.15) is 16.7 Å². The summed E-state index contributed by atoms with van der Waals surface area (Å²) < 4.78 is 58.8. The first-order valence-electron chi connectivity index (χ1n) is 11.7. The van der Waals surface area contributed by atoms with Crippen LogP contribution >= 0.6 is 0 Å². The minimum absolute atomic E-state index is 0.0368. The summed E-state index contributed by atoms with van der Waals surface area (Å²) in [4.78, 5) is 23.6. The van der Waals surface area contributed by atoms with E-state index < -0.39 is 22.2 Å². The molecular formula is C25H32F3N3O5S. The maximum atomic E-state index is 13.0. The average Bonchev–Trinajstić information content (AvgIpc) is 2.86. The molecule has 0 spiro atoms. The number of halogens is 3. The lowest BCUT2D eigenvalue weighted by Gasteiger charge is -2.28. The van der Waals surface area contributed by atoms with E-state index in [-0.39, 0.29) is 24.6 Å². The van der Waals surface area contributed by atoms with Crippen molar-refractivity contribution in [2.24, 2.45) is 0 Å².